The number of aromatic nitrogens is 2. The number of halogens is 1. The molecular formula is C25H30BrN5O. The van der Waals surface area contributed by atoms with Crippen LogP contribution in [-0.2, 0) is 13.1 Å². The van der Waals surface area contributed by atoms with Gasteiger partial charge in [0.05, 0.1) is 17.8 Å². The first-order valence-electron chi connectivity index (χ1n) is 10.8. The third kappa shape index (κ3) is 5.65. The zero-order chi connectivity index (χ0) is 23.3. The quantitative estimate of drug-likeness (QED) is 0.335. The molecule has 0 aliphatic heterocycles. The lowest BCUT2D eigenvalue weighted by Gasteiger charge is -2.14. The molecule has 32 heavy (non-hydrogen) atoms. The van der Waals surface area contributed by atoms with E-state index in [1.807, 2.05) is 48.9 Å². The van der Waals surface area contributed by atoms with E-state index in [2.05, 4.69) is 64.6 Å². The Morgan fingerprint density at radius 2 is 1.81 bits per heavy atom. The number of nitrogens with one attached hydrogen (secondary N) is 2. The monoisotopic (exact) mass is 495 g/mol. The Hall–Kier alpha value is -2.93. The summed E-state index contributed by atoms with van der Waals surface area (Å²) >= 11 is 3.45. The lowest BCUT2D eigenvalue weighted by Crippen LogP contribution is -2.36. The Morgan fingerprint density at radius 1 is 1.12 bits per heavy atom. The summed E-state index contributed by atoms with van der Waals surface area (Å²) in [5.41, 5.74) is 5.76. The van der Waals surface area contributed by atoms with Gasteiger partial charge in [-0.2, -0.15) is 5.10 Å². The number of hydrogen-bond acceptors (Lipinski definition) is 3. The van der Waals surface area contributed by atoms with Crippen LogP contribution >= 0.6 is 15.9 Å². The molecule has 3 aromatic rings. The summed E-state index contributed by atoms with van der Waals surface area (Å²) in [5, 5.41) is 10.8. The number of hydrogen-bond donors (Lipinski definition) is 2. The number of guanidine groups is 1. The molecule has 1 amide bonds. The van der Waals surface area contributed by atoms with Gasteiger partial charge >= 0.3 is 0 Å². The van der Waals surface area contributed by atoms with Crippen molar-refractivity contribution in [2.75, 3.05) is 5.32 Å². The van der Waals surface area contributed by atoms with E-state index in [9.17, 15) is 4.79 Å². The van der Waals surface area contributed by atoms with Gasteiger partial charge < -0.3 is 5.32 Å². The van der Waals surface area contributed by atoms with Crippen LogP contribution in [0.1, 0.15) is 59.6 Å². The highest BCUT2D eigenvalue weighted by Crippen LogP contribution is 2.19. The Morgan fingerprint density at radius 3 is 2.41 bits per heavy atom. The second-order valence-electron chi connectivity index (χ2n) is 7.97. The second-order valence-corrected chi connectivity index (χ2v) is 8.82. The number of amides is 1. The van der Waals surface area contributed by atoms with Crippen LogP contribution in [0.3, 0.4) is 0 Å². The second kappa shape index (κ2) is 10.6. The molecule has 0 spiro atoms. The number of benzene rings is 2. The van der Waals surface area contributed by atoms with Crippen molar-refractivity contribution in [3.8, 4) is 0 Å². The SMILES string of the molecule is CCn1nc(C)c(CN=C(NC(=O)c2ccccc2Br)Nc2ccc(C(C)C)cc2)c1C. The minimum Gasteiger partial charge on any atom is -0.326 e. The van der Waals surface area contributed by atoms with Crippen LogP contribution in [0, 0.1) is 13.8 Å². The predicted octanol–water partition coefficient (Wildman–Crippen LogP) is 5.80. The highest BCUT2D eigenvalue weighted by molar-refractivity contribution is 9.10. The van der Waals surface area contributed by atoms with Crippen LogP contribution in [0.25, 0.3) is 0 Å². The first kappa shape index (κ1) is 23.7. The molecule has 0 saturated carbocycles. The van der Waals surface area contributed by atoms with Crippen LogP contribution in [0.15, 0.2) is 58.0 Å². The van der Waals surface area contributed by atoms with E-state index in [-0.39, 0.29) is 5.91 Å². The van der Waals surface area contributed by atoms with E-state index >= 15 is 0 Å². The van der Waals surface area contributed by atoms with E-state index in [4.69, 9.17) is 4.99 Å². The molecule has 1 aromatic heterocycles. The first-order valence-corrected chi connectivity index (χ1v) is 11.6. The van der Waals surface area contributed by atoms with Crippen molar-refractivity contribution in [1.29, 1.82) is 0 Å². The zero-order valence-corrected chi connectivity index (χ0v) is 20.8. The molecule has 0 saturated heterocycles. The predicted molar refractivity (Wildman–Crippen MR) is 134 cm³/mol. The van der Waals surface area contributed by atoms with Crippen molar-refractivity contribution in [3.63, 3.8) is 0 Å². The van der Waals surface area contributed by atoms with Crippen LogP contribution in [0.5, 0.6) is 0 Å². The maximum Gasteiger partial charge on any atom is 0.259 e. The number of aryl methyl sites for hydroxylation is 2. The summed E-state index contributed by atoms with van der Waals surface area (Å²) in [4.78, 5) is 17.6. The van der Waals surface area contributed by atoms with E-state index in [0.717, 1.165) is 33.7 Å². The van der Waals surface area contributed by atoms with Gasteiger partial charge in [0.2, 0.25) is 5.96 Å². The Bertz CT molecular complexity index is 1120. The average molecular weight is 496 g/mol. The van der Waals surface area contributed by atoms with Gasteiger partial charge in [0.25, 0.3) is 5.91 Å². The maximum absolute atomic E-state index is 12.9. The fourth-order valence-electron chi connectivity index (χ4n) is 3.45. The molecule has 6 nitrogen and oxygen atoms in total. The largest absolute Gasteiger partial charge is 0.326 e. The molecule has 0 aliphatic carbocycles. The van der Waals surface area contributed by atoms with E-state index in [0.29, 0.717) is 24.0 Å². The smallest absolute Gasteiger partial charge is 0.259 e. The molecule has 7 heteroatoms. The Balaban J connectivity index is 1.88. The molecule has 2 N–H and O–H groups in total. The molecule has 0 aliphatic rings. The normalized spacial score (nSPS) is 11.7. The number of carbonyl (C=O) groups is 1. The molecular weight excluding hydrogens is 466 g/mol. The van der Waals surface area contributed by atoms with Gasteiger partial charge in [-0.25, -0.2) is 4.99 Å². The number of carbonyl (C=O) groups excluding carboxylic acids is 1. The van der Waals surface area contributed by atoms with Crippen LogP contribution < -0.4 is 10.6 Å². The standard InChI is InChI=1S/C25H30BrN5O/c1-6-31-18(5)22(17(4)30-31)15-27-25(28-20-13-11-19(12-14-20)16(2)3)29-24(32)21-9-7-8-10-23(21)26/h7-14,16H,6,15H2,1-5H3,(H2,27,28,29,32). The van der Waals surface area contributed by atoms with Gasteiger partial charge in [-0.3, -0.25) is 14.8 Å². The zero-order valence-electron chi connectivity index (χ0n) is 19.2. The third-order valence-corrected chi connectivity index (χ3v) is 6.11. The highest BCUT2D eigenvalue weighted by atomic mass is 79.9. The lowest BCUT2D eigenvalue weighted by molar-refractivity contribution is 0.0976. The highest BCUT2D eigenvalue weighted by Gasteiger charge is 2.14. The van der Waals surface area contributed by atoms with E-state index in [1.165, 1.54) is 5.56 Å². The molecule has 2 aromatic carbocycles. The molecule has 0 radical (unpaired) electrons. The summed E-state index contributed by atoms with van der Waals surface area (Å²) in [6.07, 6.45) is 0. The van der Waals surface area contributed by atoms with Crippen molar-refractivity contribution < 1.29 is 4.79 Å². The van der Waals surface area contributed by atoms with Crippen molar-refractivity contribution >= 4 is 33.5 Å². The fraction of sp³-hybridized carbons (Fsp3) is 0.320. The van der Waals surface area contributed by atoms with Crippen molar-refractivity contribution in [2.45, 2.75) is 53.6 Å². The fourth-order valence-corrected chi connectivity index (χ4v) is 3.91. The molecule has 0 fully saturated rings. The number of aliphatic imine (C=N–C) groups is 1. The average Bonchev–Trinajstić information content (AvgIpc) is 3.05. The lowest BCUT2D eigenvalue weighted by atomic mass is 10.0. The van der Waals surface area contributed by atoms with Gasteiger partial charge in [-0.1, -0.05) is 38.1 Å². The minimum atomic E-state index is -0.236. The number of anilines is 1. The summed E-state index contributed by atoms with van der Waals surface area (Å²) in [6.45, 7) is 11.6. The molecule has 0 atom stereocenters. The Labute approximate surface area is 198 Å². The first-order chi connectivity index (χ1) is 15.3. The summed E-state index contributed by atoms with van der Waals surface area (Å²) < 4.78 is 2.70. The van der Waals surface area contributed by atoms with Crippen molar-refractivity contribution in [3.05, 3.63) is 81.1 Å². The van der Waals surface area contributed by atoms with Gasteiger partial charge in [0, 0.05) is 28.0 Å². The number of rotatable bonds is 6. The molecule has 1 heterocycles. The van der Waals surface area contributed by atoms with Crippen molar-refractivity contribution in [1.82, 2.24) is 15.1 Å². The van der Waals surface area contributed by atoms with Gasteiger partial charge in [-0.05, 0) is 72.4 Å². The summed E-state index contributed by atoms with van der Waals surface area (Å²) in [5.74, 6) is 0.611. The van der Waals surface area contributed by atoms with Crippen LogP contribution in [-0.4, -0.2) is 21.6 Å². The van der Waals surface area contributed by atoms with E-state index in [1.54, 1.807) is 6.07 Å². The van der Waals surface area contributed by atoms with Crippen LogP contribution in [0.4, 0.5) is 5.69 Å². The summed E-state index contributed by atoms with van der Waals surface area (Å²) in [6, 6.07) is 15.5. The third-order valence-electron chi connectivity index (χ3n) is 5.42. The van der Waals surface area contributed by atoms with Gasteiger partial charge in [0.1, 0.15) is 0 Å². The topological polar surface area (TPSA) is 71.3 Å². The van der Waals surface area contributed by atoms with Crippen LogP contribution in [0.2, 0.25) is 0 Å². The minimum absolute atomic E-state index is 0.236. The molecule has 168 valence electrons. The van der Waals surface area contributed by atoms with Gasteiger partial charge in [-0.15, -0.1) is 0 Å². The van der Waals surface area contributed by atoms with Crippen molar-refractivity contribution in [2.24, 2.45) is 4.99 Å². The van der Waals surface area contributed by atoms with Gasteiger partial charge in [0.15, 0.2) is 0 Å². The molecule has 0 unspecified atom stereocenters. The van der Waals surface area contributed by atoms with E-state index < -0.39 is 0 Å². The number of nitrogens with zero attached hydrogens (tertiary/aromatic N) is 3. The Kier molecular flexibility index (Phi) is 7.85. The summed E-state index contributed by atoms with van der Waals surface area (Å²) in [7, 11) is 0. The molecule has 3 rings (SSSR count). The molecule has 0 bridgehead atoms. The maximum atomic E-state index is 12.9.